The van der Waals surface area contributed by atoms with Gasteiger partial charge in [0.25, 0.3) is 0 Å². The van der Waals surface area contributed by atoms with E-state index in [9.17, 15) is 4.79 Å². The van der Waals surface area contributed by atoms with Crippen LogP contribution >= 0.6 is 0 Å². The van der Waals surface area contributed by atoms with E-state index in [4.69, 9.17) is 9.47 Å². The van der Waals surface area contributed by atoms with E-state index >= 15 is 0 Å². The molecular weight excluding hydrogens is 306 g/mol. The molecule has 0 saturated carbocycles. The van der Waals surface area contributed by atoms with Crippen molar-refractivity contribution in [2.45, 2.75) is 31.7 Å². The molecule has 4 rings (SSSR count). The van der Waals surface area contributed by atoms with Crippen LogP contribution in [0.2, 0.25) is 0 Å². The normalized spacial score (nSPS) is 19.5. The number of nitrogens with zero attached hydrogens (tertiary/aromatic N) is 3. The van der Waals surface area contributed by atoms with Crippen LogP contribution in [0, 0.1) is 0 Å². The minimum atomic E-state index is 0.213. The topological polar surface area (TPSA) is 56.6 Å². The van der Waals surface area contributed by atoms with Gasteiger partial charge in [-0.3, -0.25) is 9.48 Å². The summed E-state index contributed by atoms with van der Waals surface area (Å²) in [5, 5.41) is 4.31. The van der Waals surface area contributed by atoms with Crippen molar-refractivity contribution in [2.75, 3.05) is 19.9 Å². The number of rotatable bonds is 4. The Bertz CT molecular complexity index is 714. The second-order valence-electron chi connectivity index (χ2n) is 6.31. The largest absolute Gasteiger partial charge is 0.454 e. The Morgan fingerprint density at radius 3 is 3.08 bits per heavy atom. The van der Waals surface area contributed by atoms with E-state index in [-0.39, 0.29) is 12.7 Å². The molecule has 3 heterocycles. The predicted octanol–water partition coefficient (Wildman–Crippen LogP) is 2.41. The second kappa shape index (κ2) is 6.55. The van der Waals surface area contributed by atoms with Crippen molar-refractivity contribution in [3.8, 4) is 11.5 Å². The number of ether oxygens (including phenoxy) is 2. The molecule has 0 N–H and O–H groups in total. The zero-order chi connectivity index (χ0) is 16.4. The van der Waals surface area contributed by atoms with E-state index in [0.29, 0.717) is 12.5 Å². The minimum absolute atomic E-state index is 0.213. The number of hydrogen-bond donors (Lipinski definition) is 0. The molecule has 6 heteroatoms. The molecule has 0 spiro atoms. The molecule has 1 amide bonds. The van der Waals surface area contributed by atoms with Gasteiger partial charge in [0.05, 0.1) is 6.04 Å². The van der Waals surface area contributed by atoms with Crippen molar-refractivity contribution >= 4 is 5.91 Å². The number of aromatic nitrogens is 2. The molecule has 1 fully saturated rings. The molecule has 2 aliphatic heterocycles. The van der Waals surface area contributed by atoms with Gasteiger partial charge in [0.1, 0.15) is 0 Å². The molecule has 6 nitrogen and oxygen atoms in total. The van der Waals surface area contributed by atoms with Crippen molar-refractivity contribution in [3.05, 3.63) is 42.2 Å². The lowest BCUT2D eigenvalue weighted by Gasteiger charge is -2.33. The van der Waals surface area contributed by atoms with Gasteiger partial charge in [0.15, 0.2) is 11.5 Å². The first kappa shape index (κ1) is 15.1. The third-order valence-electron chi connectivity index (χ3n) is 4.71. The molecular formula is C18H21N3O3. The molecule has 24 heavy (non-hydrogen) atoms. The van der Waals surface area contributed by atoms with Gasteiger partial charge >= 0.3 is 0 Å². The van der Waals surface area contributed by atoms with E-state index in [1.807, 2.05) is 40.0 Å². The lowest BCUT2D eigenvalue weighted by molar-refractivity contribution is -0.132. The maximum Gasteiger partial charge on any atom is 0.231 e. The highest BCUT2D eigenvalue weighted by Crippen LogP contribution is 2.32. The molecule has 1 aromatic heterocycles. The Morgan fingerprint density at radius 1 is 1.29 bits per heavy atom. The SMILES string of the molecule is O=C(CCc1ccc2c(c1)OCO2)N1CCC[C@H](n2cccn2)C1. The average molecular weight is 327 g/mol. The van der Waals surface area contributed by atoms with Gasteiger partial charge in [-0.25, -0.2) is 0 Å². The predicted molar refractivity (Wildman–Crippen MR) is 88.0 cm³/mol. The zero-order valence-electron chi connectivity index (χ0n) is 13.6. The summed E-state index contributed by atoms with van der Waals surface area (Å²) in [7, 11) is 0. The molecule has 1 atom stereocenters. The summed E-state index contributed by atoms with van der Waals surface area (Å²) >= 11 is 0. The highest BCUT2D eigenvalue weighted by molar-refractivity contribution is 5.76. The number of hydrogen-bond acceptors (Lipinski definition) is 4. The lowest BCUT2D eigenvalue weighted by atomic mass is 10.0. The second-order valence-corrected chi connectivity index (χ2v) is 6.31. The van der Waals surface area contributed by atoms with E-state index < -0.39 is 0 Å². The smallest absolute Gasteiger partial charge is 0.231 e. The molecule has 1 saturated heterocycles. The van der Waals surface area contributed by atoms with Crippen molar-refractivity contribution in [3.63, 3.8) is 0 Å². The number of benzene rings is 1. The quantitative estimate of drug-likeness (QED) is 0.865. The highest BCUT2D eigenvalue weighted by atomic mass is 16.7. The number of likely N-dealkylation sites (tertiary alicyclic amines) is 1. The summed E-state index contributed by atoms with van der Waals surface area (Å²) < 4.78 is 12.7. The fourth-order valence-electron chi connectivity index (χ4n) is 3.40. The van der Waals surface area contributed by atoms with Gasteiger partial charge < -0.3 is 14.4 Å². The summed E-state index contributed by atoms with van der Waals surface area (Å²) in [4.78, 5) is 14.5. The molecule has 0 radical (unpaired) electrons. The summed E-state index contributed by atoms with van der Waals surface area (Å²) in [5.41, 5.74) is 1.10. The number of amides is 1. The number of piperidine rings is 1. The van der Waals surface area contributed by atoms with Crippen LogP contribution < -0.4 is 9.47 Å². The van der Waals surface area contributed by atoms with Crippen LogP contribution in [0.5, 0.6) is 11.5 Å². The Balaban J connectivity index is 1.34. The van der Waals surface area contributed by atoms with Crippen LogP contribution in [0.15, 0.2) is 36.7 Å². The third-order valence-corrected chi connectivity index (χ3v) is 4.71. The molecule has 2 aliphatic rings. The molecule has 126 valence electrons. The fraction of sp³-hybridized carbons (Fsp3) is 0.444. The standard InChI is InChI=1S/C18H21N3O3/c22-18(7-5-14-4-6-16-17(11-14)24-13-23-16)20-9-1-3-15(12-20)21-10-2-8-19-21/h2,4,6,8,10-11,15H,1,3,5,7,9,12-13H2/t15-/m0/s1. The number of carbonyl (C=O) groups excluding carboxylic acids is 1. The maximum absolute atomic E-state index is 12.6. The van der Waals surface area contributed by atoms with Crippen LogP contribution in [0.3, 0.4) is 0 Å². The molecule has 1 aromatic carbocycles. The number of fused-ring (bicyclic) bond motifs is 1. The summed E-state index contributed by atoms with van der Waals surface area (Å²) in [5.74, 6) is 1.77. The van der Waals surface area contributed by atoms with Gasteiger partial charge in [-0.15, -0.1) is 0 Å². The zero-order valence-corrected chi connectivity index (χ0v) is 13.6. The van der Waals surface area contributed by atoms with Gasteiger partial charge in [0.2, 0.25) is 12.7 Å². The first-order valence-corrected chi connectivity index (χ1v) is 8.45. The first-order valence-electron chi connectivity index (χ1n) is 8.45. The fourth-order valence-corrected chi connectivity index (χ4v) is 3.40. The third kappa shape index (κ3) is 3.09. The van der Waals surface area contributed by atoms with Crippen molar-refractivity contribution in [1.82, 2.24) is 14.7 Å². The van der Waals surface area contributed by atoms with Crippen molar-refractivity contribution < 1.29 is 14.3 Å². The molecule has 2 aromatic rings. The Morgan fingerprint density at radius 2 is 2.21 bits per heavy atom. The highest BCUT2D eigenvalue weighted by Gasteiger charge is 2.24. The number of carbonyl (C=O) groups is 1. The van der Waals surface area contributed by atoms with Gasteiger partial charge in [-0.05, 0) is 43.0 Å². The van der Waals surface area contributed by atoms with Gasteiger partial charge in [-0.1, -0.05) is 6.07 Å². The van der Waals surface area contributed by atoms with Gasteiger partial charge in [-0.2, -0.15) is 5.10 Å². The Kier molecular flexibility index (Phi) is 4.11. The van der Waals surface area contributed by atoms with E-state index in [1.54, 1.807) is 6.20 Å². The van der Waals surface area contributed by atoms with E-state index in [0.717, 1.165) is 49.4 Å². The van der Waals surface area contributed by atoms with Crippen LogP contribution in [-0.2, 0) is 11.2 Å². The first-order chi connectivity index (χ1) is 11.8. The summed E-state index contributed by atoms with van der Waals surface area (Å²) in [6, 6.07) is 8.11. The minimum Gasteiger partial charge on any atom is -0.454 e. The van der Waals surface area contributed by atoms with Gasteiger partial charge in [0, 0.05) is 31.9 Å². The van der Waals surface area contributed by atoms with Crippen LogP contribution in [0.1, 0.15) is 30.9 Å². The van der Waals surface area contributed by atoms with Crippen molar-refractivity contribution in [1.29, 1.82) is 0 Å². The molecule has 0 aliphatic carbocycles. The van der Waals surface area contributed by atoms with Crippen molar-refractivity contribution in [2.24, 2.45) is 0 Å². The Labute approximate surface area is 141 Å². The molecule has 0 unspecified atom stereocenters. The van der Waals surface area contributed by atoms with Crippen LogP contribution in [0.25, 0.3) is 0 Å². The number of aryl methyl sites for hydroxylation is 1. The summed E-state index contributed by atoms with van der Waals surface area (Å²) in [6.45, 7) is 1.87. The monoisotopic (exact) mass is 327 g/mol. The Hall–Kier alpha value is -2.50. The van der Waals surface area contributed by atoms with E-state index in [1.165, 1.54) is 0 Å². The van der Waals surface area contributed by atoms with Crippen LogP contribution in [0.4, 0.5) is 0 Å². The lowest BCUT2D eigenvalue weighted by Crippen LogP contribution is -2.40. The average Bonchev–Trinajstić information content (AvgIpc) is 3.30. The summed E-state index contributed by atoms with van der Waals surface area (Å²) in [6.07, 6.45) is 7.11. The maximum atomic E-state index is 12.6. The van der Waals surface area contributed by atoms with Crippen LogP contribution in [-0.4, -0.2) is 40.5 Å². The van der Waals surface area contributed by atoms with E-state index in [2.05, 4.69) is 5.10 Å². The molecule has 0 bridgehead atoms.